The van der Waals surface area contributed by atoms with Crippen molar-refractivity contribution in [2.75, 3.05) is 6.54 Å². The van der Waals surface area contributed by atoms with Crippen LogP contribution in [0.1, 0.15) is 101 Å². The van der Waals surface area contributed by atoms with Crippen molar-refractivity contribution in [2.45, 2.75) is 94.9 Å². The summed E-state index contributed by atoms with van der Waals surface area (Å²) in [7, 11) is 0. The summed E-state index contributed by atoms with van der Waals surface area (Å²) in [5, 5.41) is 12.5. The minimum Gasteiger partial charge on any atom is -0.379 e. The highest BCUT2D eigenvalue weighted by Crippen LogP contribution is 2.23. The number of hydrogen-bond acceptors (Lipinski definition) is 4. The van der Waals surface area contributed by atoms with Gasteiger partial charge in [-0.3, -0.25) is 4.79 Å². The molecule has 38 heavy (non-hydrogen) atoms. The van der Waals surface area contributed by atoms with Crippen molar-refractivity contribution < 1.29 is 4.79 Å². The largest absolute Gasteiger partial charge is 0.379 e. The molecule has 1 aliphatic carbocycles. The average molecular weight is 521 g/mol. The van der Waals surface area contributed by atoms with Gasteiger partial charge in [0.05, 0.1) is 12.3 Å². The van der Waals surface area contributed by atoms with Crippen molar-refractivity contribution in [2.24, 2.45) is 5.10 Å². The standard InChI is InChI=1S/C27H34N4O.3C2H6/c1-18-8-10-19(2)25(15-9-18)28-17-24-16-26(32)31(21(4)29-24)30-20(3)22-11-13-23(14-12-22)27(5,6)7;3*1-2/h9-16,28-29H,4,8,17H2,1-3,5-7H3;3*1-2H3/b30-20+;;;. The van der Waals surface area contributed by atoms with E-state index in [9.17, 15) is 4.79 Å². The molecule has 210 valence electrons. The number of amides is 1. The van der Waals surface area contributed by atoms with E-state index in [0.717, 1.165) is 29.1 Å². The number of rotatable bonds is 5. The van der Waals surface area contributed by atoms with Crippen LogP contribution in [0, 0.1) is 0 Å². The Bertz CT molecular complexity index is 1060. The average Bonchev–Trinajstić information content (AvgIpc) is 3.08. The predicted octanol–water partition coefficient (Wildman–Crippen LogP) is 8.34. The van der Waals surface area contributed by atoms with Crippen LogP contribution in [0.25, 0.3) is 0 Å². The van der Waals surface area contributed by atoms with Gasteiger partial charge in [0, 0.05) is 17.5 Å². The molecule has 1 amide bonds. The number of carbonyl (C=O) groups is 1. The maximum Gasteiger partial charge on any atom is 0.274 e. The van der Waals surface area contributed by atoms with E-state index in [2.05, 4.69) is 87.3 Å². The van der Waals surface area contributed by atoms with E-state index in [1.165, 1.54) is 21.7 Å². The van der Waals surface area contributed by atoms with E-state index >= 15 is 0 Å². The monoisotopic (exact) mass is 520 g/mol. The van der Waals surface area contributed by atoms with Crippen LogP contribution in [0.5, 0.6) is 0 Å². The predicted molar refractivity (Wildman–Crippen MR) is 167 cm³/mol. The van der Waals surface area contributed by atoms with Crippen LogP contribution in [-0.4, -0.2) is 23.2 Å². The van der Waals surface area contributed by atoms with Crippen molar-refractivity contribution in [1.82, 2.24) is 15.6 Å². The normalized spacial score (nSPS) is 15.4. The molecule has 0 radical (unpaired) electrons. The van der Waals surface area contributed by atoms with E-state index in [4.69, 9.17) is 0 Å². The summed E-state index contributed by atoms with van der Waals surface area (Å²) in [5.41, 5.74) is 7.40. The van der Waals surface area contributed by atoms with Crippen LogP contribution in [-0.2, 0) is 10.2 Å². The molecule has 0 saturated carbocycles. The lowest BCUT2D eigenvalue weighted by molar-refractivity contribution is -0.125. The van der Waals surface area contributed by atoms with Crippen molar-refractivity contribution >= 4 is 11.6 Å². The number of nitrogens with zero attached hydrogens (tertiary/aromatic N) is 2. The van der Waals surface area contributed by atoms with E-state index < -0.39 is 0 Å². The first-order valence-electron chi connectivity index (χ1n) is 14.0. The fourth-order valence-corrected chi connectivity index (χ4v) is 3.48. The zero-order valence-corrected chi connectivity index (χ0v) is 26.0. The molecule has 0 aromatic heterocycles. The maximum absolute atomic E-state index is 12.8. The summed E-state index contributed by atoms with van der Waals surface area (Å²) in [6, 6.07) is 8.31. The van der Waals surface area contributed by atoms with Gasteiger partial charge in [-0.25, -0.2) is 0 Å². The third-order valence-corrected chi connectivity index (χ3v) is 5.64. The Morgan fingerprint density at radius 1 is 1.03 bits per heavy atom. The van der Waals surface area contributed by atoms with Crippen LogP contribution >= 0.6 is 0 Å². The minimum atomic E-state index is -0.214. The summed E-state index contributed by atoms with van der Waals surface area (Å²) >= 11 is 0. The van der Waals surface area contributed by atoms with Crippen LogP contribution in [0.2, 0.25) is 0 Å². The molecule has 0 atom stereocenters. The van der Waals surface area contributed by atoms with Gasteiger partial charge in [-0.2, -0.15) is 10.1 Å². The van der Waals surface area contributed by atoms with Gasteiger partial charge in [0.1, 0.15) is 5.82 Å². The van der Waals surface area contributed by atoms with Crippen LogP contribution < -0.4 is 10.6 Å². The minimum absolute atomic E-state index is 0.0934. The molecule has 5 heteroatoms. The van der Waals surface area contributed by atoms with E-state index in [-0.39, 0.29) is 11.3 Å². The van der Waals surface area contributed by atoms with Gasteiger partial charge < -0.3 is 10.6 Å². The smallest absolute Gasteiger partial charge is 0.274 e. The van der Waals surface area contributed by atoms with Gasteiger partial charge in [0.15, 0.2) is 0 Å². The molecule has 2 aliphatic rings. The Hall–Kier alpha value is -3.34. The fourth-order valence-electron chi connectivity index (χ4n) is 3.48. The lowest BCUT2D eigenvalue weighted by Gasteiger charge is -2.27. The lowest BCUT2D eigenvalue weighted by atomic mass is 9.86. The van der Waals surface area contributed by atoms with Gasteiger partial charge in [0.2, 0.25) is 0 Å². The Labute approximate surface area is 233 Å². The summed E-state index contributed by atoms with van der Waals surface area (Å²) in [6.07, 6.45) is 8.93. The van der Waals surface area contributed by atoms with Crippen molar-refractivity contribution in [3.63, 3.8) is 0 Å². The second-order valence-electron chi connectivity index (χ2n) is 9.44. The first kappa shape index (κ1) is 34.7. The number of nitrogens with one attached hydrogen (secondary N) is 2. The molecule has 0 bridgehead atoms. The third-order valence-electron chi connectivity index (χ3n) is 5.64. The Morgan fingerprint density at radius 2 is 1.61 bits per heavy atom. The van der Waals surface area contributed by atoms with Gasteiger partial charge in [-0.1, -0.05) is 111 Å². The lowest BCUT2D eigenvalue weighted by Crippen LogP contribution is -2.39. The van der Waals surface area contributed by atoms with Crippen LogP contribution in [0.4, 0.5) is 0 Å². The number of hydrazone groups is 1. The molecule has 1 heterocycles. The Kier molecular flexibility index (Phi) is 15.7. The quantitative estimate of drug-likeness (QED) is 0.384. The number of allylic oxidation sites excluding steroid dienone is 5. The molecule has 3 rings (SSSR count). The highest BCUT2D eigenvalue weighted by atomic mass is 16.2. The molecule has 1 aromatic rings. The number of hydrogen-bond donors (Lipinski definition) is 2. The van der Waals surface area contributed by atoms with E-state index in [1.54, 1.807) is 6.08 Å². The zero-order valence-electron chi connectivity index (χ0n) is 26.0. The molecule has 0 saturated heterocycles. The first-order chi connectivity index (χ1) is 18.0. The maximum atomic E-state index is 12.8. The first-order valence-corrected chi connectivity index (χ1v) is 14.0. The zero-order chi connectivity index (χ0) is 29.5. The molecule has 0 spiro atoms. The van der Waals surface area contributed by atoms with E-state index in [0.29, 0.717) is 12.4 Å². The second kappa shape index (κ2) is 17.2. The highest BCUT2D eigenvalue weighted by Gasteiger charge is 2.22. The topological polar surface area (TPSA) is 56.7 Å². The van der Waals surface area contributed by atoms with Crippen molar-refractivity contribution in [3.05, 3.63) is 94.6 Å². The van der Waals surface area contributed by atoms with Gasteiger partial charge in [-0.15, -0.1) is 0 Å². The fraction of sp³-hybridized carbons (Fsp3) is 0.455. The highest BCUT2D eigenvalue weighted by molar-refractivity contribution is 6.00. The number of carbonyl (C=O) groups excluding carboxylic acids is 1. The molecular formula is C33H52N4O. The Morgan fingerprint density at radius 3 is 2.13 bits per heavy atom. The molecule has 1 aromatic carbocycles. The Balaban J connectivity index is 0.00000213. The van der Waals surface area contributed by atoms with E-state index in [1.807, 2.05) is 60.6 Å². The molecular weight excluding hydrogens is 468 g/mol. The van der Waals surface area contributed by atoms with Gasteiger partial charge >= 0.3 is 0 Å². The van der Waals surface area contributed by atoms with Crippen molar-refractivity contribution in [1.29, 1.82) is 0 Å². The molecule has 1 aliphatic heterocycles. The summed E-state index contributed by atoms with van der Waals surface area (Å²) in [5.74, 6) is 0.229. The summed E-state index contributed by atoms with van der Waals surface area (Å²) < 4.78 is 0. The summed E-state index contributed by atoms with van der Waals surface area (Å²) in [4.78, 5) is 12.8. The molecule has 2 N–H and O–H groups in total. The SMILES string of the molecule is C=C1NC(CNC2=CC=C(C)CC=C2C)=CC(=O)N1/N=C(\C)c1ccc(C(C)(C)C)cc1.CC.CC.CC. The van der Waals surface area contributed by atoms with Crippen LogP contribution in [0.15, 0.2) is 88.6 Å². The second-order valence-corrected chi connectivity index (χ2v) is 9.44. The molecule has 0 fully saturated rings. The third kappa shape index (κ3) is 10.6. The van der Waals surface area contributed by atoms with Crippen molar-refractivity contribution in [3.8, 4) is 0 Å². The number of benzene rings is 1. The van der Waals surface area contributed by atoms with Crippen LogP contribution in [0.3, 0.4) is 0 Å². The van der Waals surface area contributed by atoms with Gasteiger partial charge in [0.25, 0.3) is 5.91 Å². The van der Waals surface area contributed by atoms with Gasteiger partial charge in [-0.05, 0) is 55.4 Å². The summed E-state index contributed by atoms with van der Waals surface area (Å²) in [6.45, 7) is 29.2. The molecule has 5 nitrogen and oxygen atoms in total. The molecule has 0 unspecified atom stereocenters.